The van der Waals surface area contributed by atoms with Gasteiger partial charge in [0.15, 0.2) is 0 Å². The van der Waals surface area contributed by atoms with E-state index in [2.05, 4.69) is 35.1 Å². The molecule has 1 amide bonds. The molecule has 0 aromatic rings. The molecular formula is C14H28BrNO3. The Kier molecular flexibility index (Phi) is 7.98. The lowest BCUT2D eigenvalue weighted by Gasteiger charge is -2.29. The van der Waals surface area contributed by atoms with Crippen LogP contribution in [0.4, 0.5) is 4.79 Å². The number of carbonyl (C=O) groups excluding carboxylic acids is 1. The first-order chi connectivity index (χ1) is 8.58. The number of halogens is 1. The second kappa shape index (κ2) is 8.10. The third-order valence-electron chi connectivity index (χ3n) is 2.43. The summed E-state index contributed by atoms with van der Waals surface area (Å²) in [6, 6.07) is 0. The third kappa shape index (κ3) is 10.2. The summed E-state index contributed by atoms with van der Waals surface area (Å²) in [6.45, 7) is 12.9. The molecule has 4 nitrogen and oxygen atoms in total. The van der Waals surface area contributed by atoms with E-state index < -0.39 is 17.3 Å². The van der Waals surface area contributed by atoms with E-state index in [-0.39, 0.29) is 0 Å². The number of nitrogens with one attached hydrogen (secondary N) is 1. The SMILES string of the molecule is CC(C)CCOC(C)(CBr)CNC(=O)OC(C)(C)C. The van der Waals surface area contributed by atoms with E-state index in [1.54, 1.807) is 0 Å². The van der Waals surface area contributed by atoms with Crippen molar-refractivity contribution in [2.24, 2.45) is 5.92 Å². The summed E-state index contributed by atoms with van der Waals surface area (Å²) in [6.07, 6.45) is 0.599. The molecule has 0 fully saturated rings. The minimum atomic E-state index is -0.479. The second-order valence-corrected chi connectivity index (χ2v) is 7.03. The molecule has 1 unspecified atom stereocenters. The summed E-state index contributed by atoms with van der Waals surface area (Å²) in [5, 5.41) is 3.41. The van der Waals surface area contributed by atoms with Crippen LogP contribution in [-0.4, -0.2) is 35.8 Å². The summed E-state index contributed by atoms with van der Waals surface area (Å²) >= 11 is 3.43. The fourth-order valence-corrected chi connectivity index (χ4v) is 1.61. The molecule has 0 rings (SSSR count). The molecule has 0 aliphatic heterocycles. The van der Waals surface area contributed by atoms with Crippen molar-refractivity contribution in [1.82, 2.24) is 5.32 Å². The topological polar surface area (TPSA) is 47.6 Å². The molecule has 19 heavy (non-hydrogen) atoms. The average Bonchev–Trinajstić information content (AvgIpc) is 2.24. The van der Waals surface area contributed by atoms with Crippen LogP contribution in [0.15, 0.2) is 0 Å². The first kappa shape index (κ1) is 18.7. The van der Waals surface area contributed by atoms with Crippen LogP contribution in [0.3, 0.4) is 0 Å². The minimum absolute atomic E-state index is 0.410. The van der Waals surface area contributed by atoms with Gasteiger partial charge in [0.25, 0.3) is 0 Å². The van der Waals surface area contributed by atoms with Crippen molar-refractivity contribution < 1.29 is 14.3 Å². The highest BCUT2D eigenvalue weighted by Gasteiger charge is 2.26. The number of carbonyl (C=O) groups is 1. The maximum atomic E-state index is 11.6. The molecule has 0 radical (unpaired) electrons. The van der Waals surface area contributed by atoms with Crippen molar-refractivity contribution in [3.63, 3.8) is 0 Å². The van der Waals surface area contributed by atoms with Crippen molar-refractivity contribution in [2.75, 3.05) is 18.5 Å². The zero-order valence-corrected chi connectivity index (χ0v) is 14.6. The van der Waals surface area contributed by atoms with Crippen molar-refractivity contribution in [2.45, 2.75) is 59.2 Å². The molecule has 0 saturated carbocycles. The summed E-state index contributed by atoms with van der Waals surface area (Å²) in [4.78, 5) is 11.6. The number of alkyl halides is 1. The van der Waals surface area contributed by atoms with E-state index in [0.717, 1.165) is 6.42 Å². The summed E-state index contributed by atoms with van der Waals surface area (Å²) in [5.74, 6) is 0.610. The summed E-state index contributed by atoms with van der Waals surface area (Å²) in [7, 11) is 0. The fourth-order valence-electron chi connectivity index (χ4n) is 1.25. The second-order valence-electron chi connectivity index (χ2n) is 6.47. The molecule has 5 heteroatoms. The standard InChI is InChI=1S/C14H28BrNO3/c1-11(2)7-8-18-14(6,9-15)10-16-12(17)19-13(3,4)5/h11H,7-10H2,1-6H3,(H,16,17). The Labute approximate surface area is 125 Å². The Morgan fingerprint density at radius 3 is 2.26 bits per heavy atom. The van der Waals surface area contributed by atoms with Gasteiger partial charge in [0.1, 0.15) is 5.60 Å². The van der Waals surface area contributed by atoms with Crippen LogP contribution in [0.1, 0.15) is 48.0 Å². The monoisotopic (exact) mass is 337 g/mol. The molecule has 0 saturated heterocycles. The molecule has 1 atom stereocenters. The Morgan fingerprint density at radius 2 is 1.84 bits per heavy atom. The lowest BCUT2D eigenvalue weighted by molar-refractivity contribution is -0.0192. The van der Waals surface area contributed by atoms with Gasteiger partial charge in [-0.25, -0.2) is 4.79 Å². The number of hydrogen-bond donors (Lipinski definition) is 1. The van der Waals surface area contributed by atoms with Crippen LogP contribution in [0.25, 0.3) is 0 Å². The van der Waals surface area contributed by atoms with Crippen molar-refractivity contribution in [1.29, 1.82) is 0 Å². The summed E-state index contributed by atoms with van der Waals surface area (Å²) < 4.78 is 11.1. The molecule has 0 aliphatic carbocycles. The lowest BCUT2D eigenvalue weighted by atomic mass is 10.1. The highest BCUT2D eigenvalue weighted by atomic mass is 79.9. The smallest absolute Gasteiger partial charge is 0.407 e. The Hall–Kier alpha value is -0.290. The van der Waals surface area contributed by atoms with Crippen LogP contribution >= 0.6 is 15.9 Å². The van der Waals surface area contributed by atoms with Gasteiger partial charge in [0.05, 0.1) is 12.1 Å². The predicted molar refractivity (Wildman–Crippen MR) is 81.8 cm³/mol. The molecule has 0 spiro atoms. The van der Waals surface area contributed by atoms with E-state index in [9.17, 15) is 4.79 Å². The molecule has 0 bridgehead atoms. The largest absolute Gasteiger partial charge is 0.444 e. The zero-order valence-electron chi connectivity index (χ0n) is 13.0. The molecule has 0 aliphatic rings. The summed E-state index contributed by atoms with van der Waals surface area (Å²) in [5.41, 5.74) is -0.890. The quantitative estimate of drug-likeness (QED) is 0.720. The number of hydrogen-bond acceptors (Lipinski definition) is 3. The average molecular weight is 338 g/mol. The van der Waals surface area contributed by atoms with Gasteiger partial charge in [-0.1, -0.05) is 29.8 Å². The Bertz CT molecular complexity index is 276. The minimum Gasteiger partial charge on any atom is -0.444 e. The number of rotatable bonds is 7. The first-order valence-electron chi connectivity index (χ1n) is 6.75. The van der Waals surface area contributed by atoms with Crippen LogP contribution in [0.5, 0.6) is 0 Å². The highest BCUT2D eigenvalue weighted by Crippen LogP contribution is 2.15. The molecular weight excluding hydrogens is 310 g/mol. The van der Waals surface area contributed by atoms with Gasteiger partial charge >= 0.3 is 6.09 Å². The maximum absolute atomic E-state index is 11.6. The Morgan fingerprint density at radius 1 is 1.26 bits per heavy atom. The normalized spacial score (nSPS) is 15.2. The molecule has 0 aromatic heterocycles. The van der Waals surface area contributed by atoms with Crippen LogP contribution in [0, 0.1) is 5.92 Å². The predicted octanol–water partition coefficient (Wildman–Crippen LogP) is 3.73. The van der Waals surface area contributed by atoms with E-state index in [1.807, 2.05) is 27.7 Å². The van der Waals surface area contributed by atoms with Crippen LogP contribution < -0.4 is 5.32 Å². The van der Waals surface area contributed by atoms with Crippen molar-refractivity contribution in [3.8, 4) is 0 Å². The number of amides is 1. The fraction of sp³-hybridized carbons (Fsp3) is 0.929. The zero-order chi connectivity index (χ0) is 15.1. The highest BCUT2D eigenvalue weighted by molar-refractivity contribution is 9.09. The van der Waals surface area contributed by atoms with Crippen LogP contribution in [0.2, 0.25) is 0 Å². The molecule has 0 heterocycles. The van der Waals surface area contributed by atoms with Gasteiger partial charge in [-0.15, -0.1) is 0 Å². The van der Waals surface area contributed by atoms with E-state index in [0.29, 0.717) is 24.4 Å². The Balaban J connectivity index is 4.13. The van der Waals surface area contributed by atoms with Gasteiger partial charge in [-0.05, 0) is 40.0 Å². The van der Waals surface area contributed by atoms with Gasteiger partial charge in [-0.3, -0.25) is 0 Å². The molecule has 0 aromatic carbocycles. The third-order valence-corrected chi connectivity index (χ3v) is 3.62. The van der Waals surface area contributed by atoms with Crippen LogP contribution in [-0.2, 0) is 9.47 Å². The van der Waals surface area contributed by atoms with Gasteiger partial charge < -0.3 is 14.8 Å². The number of ether oxygens (including phenoxy) is 2. The van der Waals surface area contributed by atoms with Gasteiger partial charge in [-0.2, -0.15) is 0 Å². The molecule has 114 valence electrons. The van der Waals surface area contributed by atoms with E-state index in [4.69, 9.17) is 9.47 Å². The van der Waals surface area contributed by atoms with Gasteiger partial charge in [0, 0.05) is 11.9 Å². The first-order valence-corrected chi connectivity index (χ1v) is 7.87. The maximum Gasteiger partial charge on any atom is 0.407 e. The van der Waals surface area contributed by atoms with Crippen molar-refractivity contribution >= 4 is 22.0 Å². The molecule has 1 N–H and O–H groups in total. The number of alkyl carbamates (subject to hydrolysis) is 1. The van der Waals surface area contributed by atoms with E-state index in [1.165, 1.54) is 0 Å². The lowest BCUT2D eigenvalue weighted by Crippen LogP contribution is -2.45. The van der Waals surface area contributed by atoms with E-state index >= 15 is 0 Å². The van der Waals surface area contributed by atoms with Crippen molar-refractivity contribution in [3.05, 3.63) is 0 Å². The van der Waals surface area contributed by atoms with Gasteiger partial charge in [0.2, 0.25) is 0 Å².